The number of hydrogen-bond donors (Lipinski definition) is 3. The van der Waals surface area contributed by atoms with Crippen molar-refractivity contribution in [3.05, 3.63) is 47.8 Å². The van der Waals surface area contributed by atoms with Gasteiger partial charge in [0, 0.05) is 24.1 Å². The van der Waals surface area contributed by atoms with Crippen molar-refractivity contribution in [1.29, 1.82) is 0 Å². The zero-order valence-corrected chi connectivity index (χ0v) is 13.3. The molecule has 2 aromatic rings. The van der Waals surface area contributed by atoms with Crippen molar-refractivity contribution in [1.82, 2.24) is 10.3 Å². The molecule has 0 fully saturated rings. The first-order valence-electron chi connectivity index (χ1n) is 6.87. The lowest BCUT2D eigenvalue weighted by Gasteiger charge is -2.10. The van der Waals surface area contributed by atoms with E-state index in [1.54, 1.807) is 12.1 Å². The van der Waals surface area contributed by atoms with Gasteiger partial charge in [-0.3, -0.25) is 4.72 Å². The number of H-pyrrole nitrogens is 1. The molecule has 0 atom stereocenters. The van der Waals surface area contributed by atoms with Crippen LogP contribution in [0.1, 0.15) is 31.0 Å². The maximum atomic E-state index is 12.3. The number of hydrogen-bond acceptors (Lipinski definition) is 3. The van der Waals surface area contributed by atoms with Crippen molar-refractivity contribution < 1.29 is 8.42 Å². The summed E-state index contributed by atoms with van der Waals surface area (Å²) in [5.74, 6) is 0.351. The Hall–Kier alpha value is -1.79. The van der Waals surface area contributed by atoms with Crippen molar-refractivity contribution in [3.8, 4) is 0 Å². The predicted molar refractivity (Wildman–Crippen MR) is 84.9 cm³/mol. The monoisotopic (exact) mass is 307 g/mol. The van der Waals surface area contributed by atoms with Gasteiger partial charge in [0.2, 0.25) is 0 Å². The molecular weight excluding hydrogens is 286 g/mol. The molecule has 0 amide bonds. The summed E-state index contributed by atoms with van der Waals surface area (Å²) < 4.78 is 27.3. The van der Waals surface area contributed by atoms with Crippen LogP contribution >= 0.6 is 0 Å². The summed E-state index contributed by atoms with van der Waals surface area (Å²) in [6.07, 6.45) is 1.50. The second-order valence-corrected chi connectivity index (χ2v) is 6.96. The third-order valence-corrected chi connectivity index (χ3v) is 4.56. The summed E-state index contributed by atoms with van der Waals surface area (Å²) in [5, 5.41) is 2.97. The highest BCUT2D eigenvalue weighted by atomic mass is 32.2. The Kier molecular flexibility index (Phi) is 4.69. The smallest absolute Gasteiger partial charge is 0.263 e. The second-order valence-electron chi connectivity index (χ2n) is 5.28. The molecule has 0 aliphatic rings. The van der Waals surface area contributed by atoms with E-state index in [-0.39, 0.29) is 4.90 Å². The lowest BCUT2D eigenvalue weighted by molar-refractivity contribution is 0.601. The molecule has 21 heavy (non-hydrogen) atoms. The van der Waals surface area contributed by atoms with E-state index in [1.165, 1.54) is 6.20 Å². The SMILES string of the molecule is CNCc1cc(S(=O)(=O)Nc2cccc(C(C)C)c2)c[nH]1. The van der Waals surface area contributed by atoms with E-state index in [9.17, 15) is 8.42 Å². The van der Waals surface area contributed by atoms with E-state index in [4.69, 9.17) is 0 Å². The van der Waals surface area contributed by atoms with E-state index in [2.05, 4.69) is 28.9 Å². The van der Waals surface area contributed by atoms with Gasteiger partial charge in [0.1, 0.15) is 4.90 Å². The first-order valence-corrected chi connectivity index (χ1v) is 8.35. The van der Waals surface area contributed by atoms with Crippen LogP contribution in [0.2, 0.25) is 0 Å². The average Bonchev–Trinajstić information content (AvgIpc) is 2.88. The number of aromatic amines is 1. The Bertz CT molecular complexity index is 705. The van der Waals surface area contributed by atoms with Crippen molar-refractivity contribution >= 4 is 15.7 Å². The molecule has 0 bridgehead atoms. The summed E-state index contributed by atoms with van der Waals surface area (Å²) in [6.45, 7) is 4.74. The van der Waals surface area contributed by atoms with Crippen LogP contribution in [0.5, 0.6) is 0 Å². The largest absolute Gasteiger partial charge is 0.363 e. The minimum absolute atomic E-state index is 0.239. The van der Waals surface area contributed by atoms with E-state index >= 15 is 0 Å². The van der Waals surface area contributed by atoms with E-state index in [1.807, 2.05) is 25.2 Å². The Morgan fingerprint density at radius 1 is 1.24 bits per heavy atom. The molecule has 0 aliphatic heterocycles. The van der Waals surface area contributed by atoms with Crippen LogP contribution in [-0.2, 0) is 16.6 Å². The van der Waals surface area contributed by atoms with Gasteiger partial charge < -0.3 is 10.3 Å². The molecule has 0 saturated carbocycles. The molecule has 2 rings (SSSR count). The molecule has 6 heteroatoms. The van der Waals surface area contributed by atoms with Crippen molar-refractivity contribution in [2.45, 2.75) is 31.2 Å². The topological polar surface area (TPSA) is 74.0 Å². The third-order valence-electron chi connectivity index (χ3n) is 3.20. The van der Waals surface area contributed by atoms with Crippen LogP contribution in [-0.4, -0.2) is 20.4 Å². The summed E-state index contributed by atoms with van der Waals surface area (Å²) in [4.78, 5) is 3.19. The predicted octanol–water partition coefficient (Wildman–Crippen LogP) is 2.66. The van der Waals surface area contributed by atoms with Crippen LogP contribution < -0.4 is 10.0 Å². The number of benzene rings is 1. The van der Waals surface area contributed by atoms with Crippen LogP contribution in [0.3, 0.4) is 0 Å². The minimum Gasteiger partial charge on any atom is -0.363 e. The first kappa shape index (κ1) is 15.6. The van der Waals surface area contributed by atoms with Crippen LogP contribution in [0.4, 0.5) is 5.69 Å². The number of aromatic nitrogens is 1. The third kappa shape index (κ3) is 3.86. The van der Waals surface area contributed by atoms with Crippen molar-refractivity contribution in [3.63, 3.8) is 0 Å². The van der Waals surface area contributed by atoms with Gasteiger partial charge in [-0.2, -0.15) is 0 Å². The molecule has 0 radical (unpaired) electrons. The fourth-order valence-electron chi connectivity index (χ4n) is 2.04. The second kappa shape index (κ2) is 6.32. The highest BCUT2D eigenvalue weighted by Gasteiger charge is 2.16. The van der Waals surface area contributed by atoms with Gasteiger partial charge >= 0.3 is 0 Å². The molecule has 0 spiro atoms. The highest BCUT2D eigenvalue weighted by molar-refractivity contribution is 7.92. The fraction of sp³-hybridized carbons (Fsp3) is 0.333. The zero-order chi connectivity index (χ0) is 15.5. The lowest BCUT2D eigenvalue weighted by Crippen LogP contribution is -2.12. The molecule has 1 aromatic carbocycles. The van der Waals surface area contributed by atoms with E-state index in [0.717, 1.165) is 11.3 Å². The Morgan fingerprint density at radius 2 is 2.00 bits per heavy atom. The maximum Gasteiger partial charge on any atom is 0.263 e. The van der Waals surface area contributed by atoms with Gasteiger partial charge in [0.05, 0.1) is 0 Å². The van der Waals surface area contributed by atoms with Gasteiger partial charge in [-0.1, -0.05) is 26.0 Å². The normalized spacial score (nSPS) is 11.8. The molecule has 1 heterocycles. The lowest BCUT2D eigenvalue weighted by atomic mass is 10.0. The van der Waals surface area contributed by atoms with Crippen molar-refractivity contribution in [2.75, 3.05) is 11.8 Å². The number of nitrogens with one attached hydrogen (secondary N) is 3. The number of rotatable bonds is 6. The van der Waals surface area contributed by atoms with Gasteiger partial charge in [0.15, 0.2) is 0 Å². The van der Waals surface area contributed by atoms with Crippen LogP contribution in [0.25, 0.3) is 0 Å². The molecule has 0 unspecified atom stereocenters. The Balaban J connectivity index is 2.22. The highest BCUT2D eigenvalue weighted by Crippen LogP contribution is 2.21. The van der Waals surface area contributed by atoms with E-state index in [0.29, 0.717) is 18.2 Å². The molecule has 0 saturated heterocycles. The first-order chi connectivity index (χ1) is 9.92. The number of anilines is 1. The van der Waals surface area contributed by atoms with Crippen LogP contribution in [0.15, 0.2) is 41.4 Å². The molecule has 114 valence electrons. The van der Waals surface area contributed by atoms with Gasteiger partial charge in [-0.25, -0.2) is 8.42 Å². The summed E-state index contributed by atoms with van der Waals surface area (Å²) >= 11 is 0. The quantitative estimate of drug-likeness (QED) is 0.768. The standard InChI is InChI=1S/C15H21N3O2S/c1-11(2)12-5-4-6-13(7-12)18-21(19,20)15-8-14(9-16-3)17-10-15/h4-8,10-11,16-18H,9H2,1-3H3. The minimum atomic E-state index is -3.56. The summed E-state index contributed by atoms with van der Waals surface area (Å²) in [7, 11) is -1.75. The Morgan fingerprint density at radius 3 is 2.67 bits per heavy atom. The van der Waals surface area contributed by atoms with E-state index < -0.39 is 10.0 Å². The molecule has 0 aliphatic carbocycles. The summed E-state index contributed by atoms with van der Waals surface area (Å²) in [5.41, 5.74) is 2.51. The average molecular weight is 307 g/mol. The Labute approximate surface area is 125 Å². The van der Waals surface area contributed by atoms with Gasteiger partial charge in [-0.15, -0.1) is 0 Å². The summed E-state index contributed by atoms with van der Waals surface area (Å²) in [6, 6.07) is 9.10. The van der Waals surface area contributed by atoms with Gasteiger partial charge in [-0.05, 0) is 36.7 Å². The number of sulfonamides is 1. The molecular formula is C15H21N3O2S. The van der Waals surface area contributed by atoms with Gasteiger partial charge in [0.25, 0.3) is 10.0 Å². The van der Waals surface area contributed by atoms with Crippen molar-refractivity contribution in [2.24, 2.45) is 0 Å². The molecule has 5 nitrogen and oxygen atoms in total. The van der Waals surface area contributed by atoms with Crippen LogP contribution in [0, 0.1) is 0 Å². The zero-order valence-electron chi connectivity index (χ0n) is 12.5. The fourth-order valence-corrected chi connectivity index (χ4v) is 3.11. The molecule has 3 N–H and O–H groups in total. The maximum absolute atomic E-state index is 12.3. The molecule has 1 aromatic heterocycles.